The van der Waals surface area contributed by atoms with E-state index in [4.69, 9.17) is 11.6 Å². The second-order valence-electron chi connectivity index (χ2n) is 7.32. The van der Waals surface area contributed by atoms with Crippen molar-refractivity contribution in [2.24, 2.45) is 11.3 Å². The van der Waals surface area contributed by atoms with Crippen LogP contribution >= 0.6 is 11.6 Å². The van der Waals surface area contributed by atoms with Gasteiger partial charge >= 0.3 is 0 Å². The van der Waals surface area contributed by atoms with E-state index in [1.165, 1.54) is 0 Å². The largest absolute Gasteiger partial charge is 0.311 e. The lowest BCUT2D eigenvalue weighted by atomic mass is 9.83. The monoisotopic (exact) mass is 394 g/mol. The highest BCUT2D eigenvalue weighted by Crippen LogP contribution is 2.51. The molecule has 0 radical (unpaired) electrons. The highest BCUT2D eigenvalue weighted by Gasteiger charge is 2.56. The number of pyridine rings is 1. The Morgan fingerprint density at radius 3 is 2.89 bits per heavy atom. The lowest BCUT2D eigenvalue weighted by Crippen LogP contribution is -2.35. The molecule has 1 aliphatic heterocycles. The molecule has 1 saturated heterocycles. The van der Waals surface area contributed by atoms with Crippen molar-refractivity contribution in [2.45, 2.75) is 25.7 Å². The van der Waals surface area contributed by atoms with Crippen LogP contribution in [0.15, 0.2) is 42.6 Å². The quantitative estimate of drug-likeness (QED) is 0.839. The zero-order valence-electron chi connectivity index (χ0n) is 15.2. The smallest absolute Gasteiger partial charge is 0.247 e. The Balaban J connectivity index is 1.47. The molecule has 142 valence electrons. The van der Waals surface area contributed by atoms with E-state index in [-0.39, 0.29) is 24.2 Å². The molecule has 2 heterocycles. The summed E-state index contributed by atoms with van der Waals surface area (Å²) in [4.78, 5) is 31.1. The van der Waals surface area contributed by atoms with Gasteiger partial charge in [-0.15, -0.1) is 0 Å². The molecule has 1 N–H and O–H groups in total. The van der Waals surface area contributed by atoms with Crippen molar-refractivity contribution in [3.05, 3.63) is 53.2 Å². The van der Waals surface area contributed by atoms with Gasteiger partial charge in [-0.25, -0.2) is 4.98 Å². The molecule has 2 aromatic rings. The molecule has 2 amide bonds. The SMILES string of the molecule is N#C[C@@]1(C2CC2)CCN(c2ccnc(NC(=O)Cc3cccc(Cl)c3)c2)C1=O. The molecule has 6 nitrogen and oxygen atoms in total. The Bertz CT molecular complexity index is 982. The topological polar surface area (TPSA) is 86.1 Å². The lowest BCUT2D eigenvalue weighted by Gasteiger charge is -2.21. The van der Waals surface area contributed by atoms with E-state index in [9.17, 15) is 14.9 Å². The van der Waals surface area contributed by atoms with Crippen LogP contribution in [0.1, 0.15) is 24.8 Å². The van der Waals surface area contributed by atoms with Gasteiger partial charge in [0.2, 0.25) is 11.8 Å². The van der Waals surface area contributed by atoms with Crippen LogP contribution in [0.5, 0.6) is 0 Å². The van der Waals surface area contributed by atoms with Crippen molar-refractivity contribution in [1.29, 1.82) is 5.26 Å². The minimum atomic E-state index is -0.890. The standard InChI is InChI=1S/C21H19ClN4O2/c22-16-3-1-2-14(10-16)11-19(27)25-18-12-17(6-8-24-18)26-9-7-21(13-23,20(26)28)15-4-5-15/h1-3,6,8,10,12,15H,4-5,7,9,11H2,(H,24,25,27)/t21-/m1/s1. The summed E-state index contributed by atoms with van der Waals surface area (Å²) >= 11 is 5.95. The van der Waals surface area contributed by atoms with E-state index < -0.39 is 5.41 Å². The highest BCUT2D eigenvalue weighted by atomic mass is 35.5. The molecule has 1 aliphatic carbocycles. The number of carbonyl (C=O) groups is 2. The zero-order valence-corrected chi connectivity index (χ0v) is 15.9. The van der Waals surface area contributed by atoms with Gasteiger partial charge in [0, 0.05) is 29.5 Å². The third-order valence-electron chi connectivity index (χ3n) is 5.41. The van der Waals surface area contributed by atoms with Gasteiger partial charge < -0.3 is 10.2 Å². The molecule has 2 fully saturated rings. The number of amides is 2. The predicted molar refractivity (Wildman–Crippen MR) is 106 cm³/mol. The van der Waals surface area contributed by atoms with Crippen LogP contribution in [0.3, 0.4) is 0 Å². The molecule has 0 spiro atoms. The van der Waals surface area contributed by atoms with E-state index in [1.807, 2.05) is 6.07 Å². The maximum atomic E-state index is 12.9. The summed E-state index contributed by atoms with van der Waals surface area (Å²) in [5, 5.41) is 13.0. The number of hydrogen-bond donors (Lipinski definition) is 1. The van der Waals surface area contributed by atoms with E-state index >= 15 is 0 Å². The second kappa shape index (κ2) is 7.25. The first kappa shape index (κ1) is 18.5. The van der Waals surface area contributed by atoms with Crippen molar-refractivity contribution in [1.82, 2.24) is 4.98 Å². The van der Waals surface area contributed by atoms with Gasteiger partial charge in [-0.1, -0.05) is 23.7 Å². The molecule has 0 unspecified atom stereocenters. The first-order chi connectivity index (χ1) is 13.5. The highest BCUT2D eigenvalue weighted by molar-refractivity contribution is 6.30. The number of nitrogens with zero attached hydrogens (tertiary/aromatic N) is 3. The fourth-order valence-electron chi connectivity index (χ4n) is 3.81. The third kappa shape index (κ3) is 3.46. The number of nitrogens with one attached hydrogen (secondary N) is 1. The lowest BCUT2D eigenvalue weighted by molar-refractivity contribution is -0.123. The van der Waals surface area contributed by atoms with Crippen molar-refractivity contribution in [2.75, 3.05) is 16.8 Å². The van der Waals surface area contributed by atoms with Gasteiger partial charge in [0.1, 0.15) is 11.2 Å². The summed E-state index contributed by atoms with van der Waals surface area (Å²) in [5.41, 5.74) is 0.564. The number of anilines is 2. The van der Waals surface area contributed by atoms with Crippen LogP contribution in [-0.2, 0) is 16.0 Å². The number of nitriles is 1. The van der Waals surface area contributed by atoms with Gasteiger partial charge in [-0.05, 0) is 48.9 Å². The molecule has 4 rings (SSSR count). The van der Waals surface area contributed by atoms with E-state index in [2.05, 4.69) is 16.4 Å². The Morgan fingerprint density at radius 1 is 1.36 bits per heavy atom. The maximum absolute atomic E-state index is 12.9. The molecule has 1 saturated carbocycles. The second-order valence-corrected chi connectivity index (χ2v) is 7.75. The fraction of sp³-hybridized carbons (Fsp3) is 0.333. The normalized spacial score (nSPS) is 21.4. The molecule has 1 aromatic carbocycles. The van der Waals surface area contributed by atoms with Crippen LogP contribution in [0, 0.1) is 22.7 Å². The number of benzene rings is 1. The van der Waals surface area contributed by atoms with Crippen molar-refractivity contribution in [3.8, 4) is 6.07 Å². The number of halogens is 1. The molecular weight excluding hydrogens is 376 g/mol. The first-order valence-corrected chi connectivity index (χ1v) is 9.63. The molecule has 1 atom stereocenters. The van der Waals surface area contributed by atoms with Gasteiger partial charge in [-0.2, -0.15) is 5.26 Å². The molecule has 1 aromatic heterocycles. The average Bonchev–Trinajstić information content (AvgIpc) is 3.46. The zero-order chi connectivity index (χ0) is 19.7. The molecule has 7 heteroatoms. The maximum Gasteiger partial charge on any atom is 0.247 e. The summed E-state index contributed by atoms with van der Waals surface area (Å²) < 4.78 is 0. The number of carbonyl (C=O) groups excluding carboxylic acids is 2. The van der Waals surface area contributed by atoms with Crippen LogP contribution in [-0.4, -0.2) is 23.3 Å². The van der Waals surface area contributed by atoms with Crippen molar-refractivity contribution >= 4 is 34.9 Å². The summed E-state index contributed by atoms with van der Waals surface area (Å²) in [6.07, 6.45) is 4.16. The van der Waals surface area contributed by atoms with E-state index in [0.717, 1.165) is 18.4 Å². The van der Waals surface area contributed by atoms with Crippen molar-refractivity contribution < 1.29 is 9.59 Å². The van der Waals surface area contributed by atoms with Gasteiger partial charge in [-0.3, -0.25) is 9.59 Å². The molecular formula is C21H19ClN4O2. The number of hydrogen-bond acceptors (Lipinski definition) is 4. The van der Waals surface area contributed by atoms with E-state index in [0.29, 0.717) is 29.5 Å². The van der Waals surface area contributed by atoms with Crippen LogP contribution < -0.4 is 10.2 Å². The summed E-state index contributed by atoms with van der Waals surface area (Å²) in [5.74, 6) is 0.191. The predicted octanol–water partition coefficient (Wildman–Crippen LogP) is 3.57. The number of rotatable bonds is 5. The molecule has 28 heavy (non-hydrogen) atoms. The van der Waals surface area contributed by atoms with Crippen LogP contribution in [0.2, 0.25) is 5.02 Å². The minimum absolute atomic E-state index is 0.139. The van der Waals surface area contributed by atoms with Crippen LogP contribution in [0.25, 0.3) is 0 Å². The van der Waals surface area contributed by atoms with Crippen molar-refractivity contribution in [3.63, 3.8) is 0 Å². The van der Waals surface area contributed by atoms with Gasteiger partial charge in [0.25, 0.3) is 0 Å². The summed E-state index contributed by atoms with van der Waals surface area (Å²) in [7, 11) is 0. The molecule has 2 aliphatic rings. The van der Waals surface area contributed by atoms with Gasteiger partial charge in [0.15, 0.2) is 0 Å². The Kier molecular flexibility index (Phi) is 4.78. The third-order valence-corrected chi connectivity index (χ3v) is 5.64. The first-order valence-electron chi connectivity index (χ1n) is 9.25. The Morgan fingerprint density at radius 2 is 2.18 bits per heavy atom. The van der Waals surface area contributed by atoms with E-state index in [1.54, 1.807) is 41.4 Å². The Labute approximate surface area is 168 Å². The number of aromatic nitrogens is 1. The fourth-order valence-corrected chi connectivity index (χ4v) is 4.02. The van der Waals surface area contributed by atoms with Gasteiger partial charge in [0.05, 0.1) is 12.5 Å². The summed E-state index contributed by atoms with van der Waals surface area (Å²) in [6, 6.07) is 12.8. The average molecular weight is 395 g/mol. The minimum Gasteiger partial charge on any atom is -0.311 e. The van der Waals surface area contributed by atoms with Crippen LogP contribution in [0.4, 0.5) is 11.5 Å². The molecule has 0 bridgehead atoms. The summed E-state index contributed by atoms with van der Waals surface area (Å²) in [6.45, 7) is 0.503. The Hall–Kier alpha value is -2.91.